The number of rotatable bonds is 4. The minimum Gasteiger partial charge on any atom is -0.481 e. The predicted molar refractivity (Wildman–Crippen MR) is 136 cm³/mol. The Morgan fingerprint density at radius 1 is 1.22 bits per heavy atom. The molecular weight excluding hydrogens is 506 g/mol. The Labute approximate surface area is 216 Å². The molecule has 36 heavy (non-hydrogen) atoms. The summed E-state index contributed by atoms with van der Waals surface area (Å²) in [5.41, 5.74) is 1.78. The van der Waals surface area contributed by atoms with Gasteiger partial charge in [0.05, 0.1) is 16.5 Å². The van der Waals surface area contributed by atoms with Crippen LogP contribution in [0.25, 0.3) is 22.2 Å². The zero-order valence-electron chi connectivity index (χ0n) is 19.9. The molecule has 0 spiro atoms. The van der Waals surface area contributed by atoms with Crippen LogP contribution in [0.3, 0.4) is 0 Å². The van der Waals surface area contributed by atoms with Crippen molar-refractivity contribution >= 4 is 46.0 Å². The molecule has 0 aliphatic heterocycles. The molecule has 4 aromatic rings. The number of aryl methyl sites for hydroxylation is 2. The highest BCUT2D eigenvalue weighted by Gasteiger charge is 2.37. The standard InChI is InChI=1S/C27H23Cl2FN2O4/c1-13-10-16(28)12-19(29)21(13)23-22(24(36-31-23)27(2,3)30)25(33)32-9-8-17-18-11-15(26(34)35)5-4-14(18)6-7-20(17)32/h6-10,12,15H,4-5,11H2,1-3H3,(H,34,35). The van der Waals surface area contributed by atoms with Crippen LogP contribution in [0.5, 0.6) is 0 Å². The van der Waals surface area contributed by atoms with Gasteiger partial charge in [-0.05, 0) is 81.0 Å². The number of nitrogens with zero attached hydrogens (tertiary/aromatic N) is 2. The Morgan fingerprint density at radius 3 is 2.64 bits per heavy atom. The topological polar surface area (TPSA) is 85.3 Å². The highest BCUT2D eigenvalue weighted by Crippen LogP contribution is 2.41. The van der Waals surface area contributed by atoms with Gasteiger partial charge in [-0.15, -0.1) is 0 Å². The SMILES string of the molecule is Cc1cc(Cl)cc(Cl)c1-c1noc(C(C)(C)F)c1C(=O)n1ccc2c3c(ccc21)CCC(C(=O)O)C3. The fourth-order valence-electron chi connectivity index (χ4n) is 5.05. The summed E-state index contributed by atoms with van der Waals surface area (Å²) in [6.07, 6.45) is 3.24. The van der Waals surface area contributed by atoms with Gasteiger partial charge in [-0.1, -0.05) is 34.4 Å². The zero-order chi connectivity index (χ0) is 25.9. The number of alkyl halides is 1. The number of carboxylic acid groups (broad SMARTS) is 1. The van der Waals surface area contributed by atoms with E-state index in [0.717, 1.165) is 16.5 Å². The third-order valence-electron chi connectivity index (χ3n) is 6.80. The summed E-state index contributed by atoms with van der Waals surface area (Å²) >= 11 is 12.6. The van der Waals surface area contributed by atoms with Gasteiger partial charge < -0.3 is 9.63 Å². The molecule has 0 bridgehead atoms. The summed E-state index contributed by atoms with van der Waals surface area (Å²) in [6.45, 7) is 4.35. The number of carbonyl (C=O) groups excluding carboxylic acids is 1. The van der Waals surface area contributed by atoms with E-state index in [1.807, 2.05) is 12.1 Å². The molecule has 0 fully saturated rings. The predicted octanol–water partition coefficient (Wildman–Crippen LogP) is 6.99. The van der Waals surface area contributed by atoms with Crippen molar-refractivity contribution in [3.8, 4) is 11.3 Å². The second-order valence-corrected chi connectivity index (χ2v) is 10.5. The summed E-state index contributed by atoms with van der Waals surface area (Å²) in [6, 6.07) is 8.77. The average Bonchev–Trinajstić information content (AvgIpc) is 3.42. The molecule has 2 heterocycles. The van der Waals surface area contributed by atoms with Gasteiger partial charge in [0.15, 0.2) is 11.4 Å². The Balaban J connectivity index is 1.69. The molecule has 0 saturated carbocycles. The molecule has 1 unspecified atom stereocenters. The molecule has 186 valence electrons. The first-order valence-electron chi connectivity index (χ1n) is 11.5. The highest BCUT2D eigenvalue weighted by molar-refractivity contribution is 6.36. The van der Waals surface area contributed by atoms with Gasteiger partial charge in [-0.3, -0.25) is 14.2 Å². The number of hydrogen-bond acceptors (Lipinski definition) is 4. The lowest BCUT2D eigenvalue weighted by Gasteiger charge is -2.22. The van der Waals surface area contributed by atoms with Crippen LogP contribution in [-0.4, -0.2) is 26.7 Å². The number of aromatic nitrogens is 2. The van der Waals surface area contributed by atoms with Crippen molar-refractivity contribution in [3.63, 3.8) is 0 Å². The lowest BCUT2D eigenvalue weighted by molar-refractivity contribution is -0.142. The van der Waals surface area contributed by atoms with Crippen LogP contribution in [0.4, 0.5) is 4.39 Å². The normalized spacial score (nSPS) is 15.8. The molecule has 1 atom stereocenters. The minimum atomic E-state index is -2.00. The second-order valence-electron chi connectivity index (χ2n) is 9.69. The molecule has 0 amide bonds. The summed E-state index contributed by atoms with van der Waals surface area (Å²) in [4.78, 5) is 25.6. The quantitative estimate of drug-likeness (QED) is 0.308. The van der Waals surface area contributed by atoms with E-state index in [-0.39, 0.29) is 22.0 Å². The summed E-state index contributed by atoms with van der Waals surface area (Å²) in [5.74, 6) is -2.04. The largest absolute Gasteiger partial charge is 0.481 e. The van der Waals surface area contributed by atoms with E-state index in [1.165, 1.54) is 24.5 Å². The van der Waals surface area contributed by atoms with Crippen molar-refractivity contribution in [1.82, 2.24) is 9.72 Å². The van der Waals surface area contributed by atoms with Crippen LogP contribution in [-0.2, 0) is 23.3 Å². The summed E-state index contributed by atoms with van der Waals surface area (Å²) < 4.78 is 22.1. The fourth-order valence-corrected chi connectivity index (χ4v) is 5.74. The van der Waals surface area contributed by atoms with Crippen LogP contribution in [0, 0.1) is 12.8 Å². The zero-order valence-corrected chi connectivity index (χ0v) is 21.4. The highest BCUT2D eigenvalue weighted by atomic mass is 35.5. The number of benzene rings is 2. The number of carbonyl (C=O) groups is 2. The van der Waals surface area contributed by atoms with E-state index in [1.54, 1.807) is 25.3 Å². The number of halogens is 3. The van der Waals surface area contributed by atoms with E-state index in [4.69, 9.17) is 27.7 Å². The van der Waals surface area contributed by atoms with Crippen molar-refractivity contribution in [2.45, 2.75) is 45.7 Å². The first kappa shape index (κ1) is 24.5. The van der Waals surface area contributed by atoms with Crippen molar-refractivity contribution in [2.75, 3.05) is 0 Å². The number of hydrogen-bond donors (Lipinski definition) is 1. The Kier molecular flexibility index (Phi) is 5.96. The number of fused-ring (bicyclic) bond motifs is 3. The molecule has 2 aromatic carbocycles. The molecule has 1 N–H and O–H groups in total. The Hall–Kier alpha value is -3.16. The van der Waals surface area contributed by atoms with Crippen molar-refractivity contribution in [3.05, 3.63) is 74.6 Å². The van der Waals surface area contributed by atoms with Gasteiger partial charge in [-0.2, -0.15) is 0 Å². The molecule has 9 heteroatoms. The first-order valence-corrected chi connectivity index (χ1v) is 12.3. The summed E-state index contributed by atoms with van der Waals surface area (Å²) in [5, 5.41) is 15.1. The molecule has 0 radical (unpaired) electrons. The van der Waals surface area contributed by atoms with Crippen molar-refractivity contribution < 1.29 is 23.6 Å². The Morgan fingerprint density at radius 2 is 1.97 bits per heavy atom. The van der Waals surface area contributed by atoms with E-state index in [0.29, 0.717) is 40.9 Å². The van der Waals surface area contributed by atoms with E-state index in [9.17, 15) is 14.7 Å². The molecule has 5 rings (SSSR count). The maximum Gasteiger partial charge on any atom is 0.306 e. The van der Waals surface area contributed by atoms with Gasteiger partial charge in [0.25, 0.3) is 5.91 Å². The van der Waals surface area contributed by atoms with Gasteiger partial charge in [-0.25, -0.2) is 4.39 Å². The second kappa shape index (κ2) is 8.75. The van der Waals surface area contributed by atoms with Crippen LogP contribution < -0.4 is 0 Å². The van der Waals surface area contributed by atoms with Crippen LogP contribution >= 0.6 is 23.2 Å². The maximum absolute atomic E-state index is 15.2. The fraction of sp³-hybridized carbons (Fsp3) is 0.296. The van der Waals surface area contributed by atoms with Gasteiger partial charge >= 0.3 is 5.97 Å². The Bertz CT molecular complexity index is 1520. The molecule has 1 aliphatic carbocycles. The van der Waals surface area contributed by atoms with Crippen LogP contribution in [0.15, 0.2) is 41.1 Å². The smallest absolute Gasteiger partial charge is 0.306 e. The maximum atomic E-state index is 15.2. The minimum absolute atomic E-state index is 0.0338. The molecule has 2 aromatic heterocycles. The third-order valence-corrected chi connectivity index (χ3v) is 7.31. The molecule has 6 nitrogen and oxygen atoms in total. The van der Waals surface area contributed by atoms with E-state index < -0.39 is 23.5 Å². The van der Waals surface area contributed by atoms with Gasteiger partial charge in [0, 0.05) is 22.2 Å². The monoisotopic (exact) mass is 528 g/mol. The van der Waals surface area contributed by atoms with Crippen molar-refractivity contribution in [2.24, 2.45) is 5.92 Å². The third kappa shape index (κ3) is 4.00. The lowest BCUT2D eigenvalue weighted by atomic mass is 9.82. The first-order chi connectivity index (χ1) is 17.0. The van der Waals surface area contributed by atoms with Gasteiger partial charge in [0.2, 0.25) is 0 Å². The van der Waals surface area contributed by atoms with Crippen LogP contribution in [0.1, 0.15) is 53.1 Å². The molecular formula is C27H23Cl2FN2O4. The molecule has 0 saturated heterocycles. The van der Waals surface area contributed by atoms with Gasteiger partial charge in [0.1, 0.15) is 11.3 Å². The number of aliphatic carboxylic acids is 1. The van der Waals surface area contributed by atoms with E-state index in [2.05, 4.69) is 5.16 Å². The van der Waals surface area contributed by atoms with Crippen LogP contribution in [0.2, 0.25) is 10.0 Å². The van der Waals surface area contributed by atoms with E-state index >= 15 is 4.39 Å². The summed E-state index contributed by atoms with van der Waals surface area (Å²) in [7, 11) is 0. The van der Waals surface area contributed by atoms with Crippen molar-refractivity contribution in [1.29, 1.82) is 0 Å². The average molecular weight is 529 g/mol. The molecule has 1 aliphatic rings. The lowest BCUT2D eigenvalue weighted by Crippen LogP contribution is -2.22. The number of carboxylic acids is 1.